The van der Waals surface area contributed by atoms with Crippen molar-refractivity contribution < 1.29 is 29.6 Å². The second-order valence-corrected chi connectivity index (χ2v) is 5.91. The largest absolute Gasteiger partial charge is 0.511 e. The Kier molecular flexibility index (Phi) is 2.99. The van der Waals surface area contributed by atoms with Crippen LogP contribution in [-0.2, 0) is 19.1 Å². The minimum Gasteiger partial charge on any atom is -0.420 e. The molecule has 3 aliphatic carbocycles. The normalized spacial score (nSPS) is 41.8. The molecular formula is C12H19N2O5+. The van der Waals surface area contributed by atoms with E-state index in [1.54, 1.807) is 0 Å². The summed E-state index contributed by atoms with van der Waals surface area (Å²) in [6.07, 6.45) is 2.40. The molecular weight excluding hydrogens is 252 g/mol. The molecule has 0 saturated heterocycles. The number of hydrogen-bond donors (Lipinski definition) is 2. The van der Waals surface area contributed by atoms with Crippen LogP contribution in [0, 0.1) is 23.7 Å². The van der Waals surface area contributed by atoms with E-state index in [2.05, 4.69) is 10.6 Å². The molecule has 0 aliphatic heterocycles. The molecule has 1 amide bonds. The molecule has 19 heavy (non-hydrogen) atoms. The van der Waals surface area contributed by atoms with Gasteiger partial charge in [-0.2, -0.15) is 10.7 Å². The van der Waals surface area contributed by atoms with Crippen LogP contribution in [0.1, 0.15) is 19.3 Å². The van der Waals surface area contributed by atoms with E-state index < -0.39 is 12.1 Å². The maximum Gasteiger partial charge on any atom is 0.511 e. The third kappa shape index (κ3) is 2.01. The number of amides is 1. The summed E-state index contributed by atoms with van der Waals surface area (Å²) in [5, 5.41) is 0. The lowest BCUT2D eigenvalue weighted by molar-refractivity contribution is -0.286. The lowest BCUT2D eigenvalue weighted by Gasteiger charge is -2.51. The van der Waals surface area contributed by atoms with E-state index in [0.29, 0.717) is 30.3 Å². The summed E-state index contributed by atoms with van der Waals surface area (Å²) in [5.74, 6) is 6.45. The number of nitrogens with two attached hydrogens (primary N) is 1. The monoisotopic (exact) mass is 271 g/mol. The van der Waals surface area contributed by atoms with Crippen LogP contribution in [0.25, 0.3) is 0 Å². The van der Waals surface area contributed by atoms with Crippen LogP contribution in [0.2, 0.25) is 0 Å². The van der Waals surface area contributed by atoms with Gasteiger partial charge in [0.05, 0.1) is 5.60 Å². The van der Waals surface area contributed by atoms with Gasteiger partial charge in [0, 0.05) is 0 Å². The second kappa shape index (κ2) is 4.43. The summed E-state index contributed by atoms with van der Waals surface area (Å²) in [6.45, 7) is 0.385. The quantitative estimate of drug-likeness (QED) is 0.633. The number of ether oxygens (including phenoxy) is 2. The van der Waals surface area contributed by atoms with Crippen LogP contribution >= 0.6 is 0 Å². The minimum atomic E-state index is -0.541. The number of carbonyl (C=O) groups is 2. The number of rotatable bonds is 5. The molecule has 2 bridgehead atoms. The maximum absolute atomic E-state index is 11.0. The van der Waals surface area contributed by atoms with E-state index in [1.165, 1.54) is 0 Å². The van der Waals surface area contributed by atoms with Crippen molar-refractivity contribution in [2.75, 3.05) is 13.2 Å². The zero-order chi connectivity index (χ0) is 13.6. The molecule has 3 fully saturated rings. The molecule has 2 unspecified atom stereocenters. The topological polar surface area (TPSA) is 115 Å². The van der Waals surface area contributed by atoms with Gasteiger partial charge in [-0.3, -0.25) is 5.73 Å². The summed E-state index contributed by atoms with van der Waals surface area (Å²) in [7, 11) is 0. The third-order valence-electron chi connectivity index (χ3n) is 5.09. The molecule has 7 nitrogen and oxygen atoms in total. The molecule has 3 rings (SSSR count). The second-order valence-electron chi connectivity index (χ2n) is 5.91. The van der Waals surface area contributed by atoms with Gasteiger partial charge in [-0.05, 0) is 42.9 Å². The number of carbonyl (C=O) groups excluding carboxylic acids is 2. The van der Waals surface area contributed by atoms with E-state index in [0.717, 1.165) is 19.3 Å². The van der Waals surface area contributed by atoms with Gasteiger partial charge in [-0.15, -0.1) is 0 Å². The Morgan fingerprint density at radius 1 is 1.21 bits per heavy atom. The third-order valence-corrected chi connectivity index (χ3v) is 5.09. The Hall–Kier alpha value is -1.18. The van der Waals surface area contributed by atoms with Crippen LogP contribution in [-0.4, -0.2) is 30.9 Å². The first-order chi connectivity index (χ1) is 9.04. The van der Waals surface area contributed by atoms with Crippen molar-refractivity contribution >= 4 is 12.1 Å². The van der Waals surface area contributed by atoms with Gasteiger partial charge in [-0.1, -0.05) is 0 Å². The average Bonchev–Trinajstić information content (AvgIpc) is 2.88. The van der Waals surface area contributed by atoms with Crippen LogP contribution in [0.3, 0.4) is 0 Å². The average molecular weight is 271 g/mol. The summed E-state index contributed by atoms with van der Waals surface area (Å²) < 4.78 is 10.8. The van der Waals surface area contributed by atoms with Crippen molar-refractivity contribution in [1.29, 1.82) is 0 Å². The summed E-state index contributed by atoms with van der Waals surface area (Å²) in [6, 6.07) is 0. The summed E-state index contributed by atoms with van der Waals surface area (Å²) in [4.78, 5) is 25.9. The fraction of sp³-hybridized carbons (Fsp3) is 0.833. The van der Waals surface area contributed by atoms with Gasteiger partial charge in [0.15, 0.2) is 0 Å². The van der Waals surface area contributed by atoms with Crippen LogP contribution < -0.4 is 11.6 Å². The molecule has 3 saturated carbocycles. The number of quaternary nitrogens is 1. The molecule has 7 heteroatoms. The van der Waals surface area contributed by atoms with Gasteiger partial charge >= 0.3 is 12.1 Å². The fourth-order valence-corrected chi connectivity index (χ4v) is 4.43. The lowest BCUT2D eigenvalue weighted by atomic mass is 9.55. The number of fused-ring (bicyclic) bond motifs is 1. The van der Waals surface area contributed by atoms with Crippen molar-refractivity contribution in [3.63, 3.8) is 0 Å². The van der Waals surface area contributed by atoms with Crippen molar-refractivity contribution in [3.05, 3.63) is 0 Å². The molecule has 0 aromatic carbocycles. The molecule has 0 spiro atoms. The predicted octanol–water partition coefficient (Wildman–Crippen LogP) is -0.787. The predicted molar refractivity (Wildman–Crippen MR) is 61.0 cm³/mol. The first-order valence-corrected chi connectivity index (χ1v) is 6.57. The zero-order valence-corrected chi connectivity index (χ0v) is 10.7. The molecule has 5 N–H and O–H groups in total. The van der Waals surface area contributed by atoms with Crippen molar-refractivity contribution in [1.82, 2.24) is 0 Å². The Morgan fingerprint density at radius 3 is 2.42 bits per heavy atom. The van der Waals surface area contributed by atoms with Crippen molar-refractivity contribution in [2.24, 2.45) is 29.6 Å². The van der Waals surface area contributed by atoms with Gasteiger partial charge in [-0.25, -0.2) is 4.79 Å². The van der Waals surface area contributed by atoms with Gasteiger partial charge < -0.3 is 14.3 Å². The highest BCUT2D eigenvalue weighted by Crippen LogP contribution is 2.69. The van der Waals surface area contributed by atoms with Gasteiger partial charge in [0.2, 0.25) is 0 Å². The Labute approximate surface area is 110 Å². The summed E-state index contributed by atoms with van der Waals surface area (Å²) in [5.41, 5.74) is 3.03. The molecule has 2 atom stereocenters. The van der Waals surface area contributed by atoms with Crippen LogP contribution in [0.4, 0.5) is 4.79 Å². The SMILES string of the molecule is NOC(=O)COC12CC3C(COC([NH3+])=O)C(C1)C3C2. The zero-order valence-electron chi connectivity index (χ0n) is 10.7. The maximum atomic E-state index is 11.0. The Bertz CT molecular complexity index is 399. The highest BCUT2D eigenvalue weighted by atomic mass is 16.7. The van der Waals surface area contributed by atoms with Crippen molar-refractivity contribution in [3.8, 4) is 0 Å². The first-order valence-electron chi connectivity index (χ1n) is 6.57. The molecule has 106 valence electrons. The molecule has 0 aromatic heterocycles. The van der Waals surface area contributed by atoms with Gasteiger partial charge in [0.25, 0.3) is 0 Å². The van der Waals surface area contributed by atoms with Crippen LogP contribution in [0.15, 0.2) is 0 Å². The van der Waals surface area contributed by atoms with E-state index in [9.17, 15) is 9.59 Å². The molecule has 0 heterocycles. The standard InChI is InChI=1S/C12H18N2O5/c13-11(16)17-4-9-7-2-12(18-5-10(15)19-14)1-6(7)8(9)3-12/h6-9H,1-5,14H2,(H2,13,16)/p+1. The van der Waals surface area contributed by atoms with E-state index in [4.69, 9.17) is 15.4 Å². The first kappa shape index (κ1) is 12.8. The van der Waals surface area contributed by atoms with Crippen molar-refractivity contribution in [2.45, 2.75) is 24.9 Å². The Balaban J connectivity index is 1.54. The van der Waals surface area contributed by atoms with E-state index >= 15 is 0 Å². The lowest BCUT2D eigenvalue weighted by Crippen LogP contribution is -2.58. The van der Waals surface area contributed by atoms with Crippen LogP contribution in [0.5, 0.6) is 0 Å². The fourth-order valence-electron chi connectivity index (χ4n) is 4.43. The molecule has 0 radical (unpaired) electrons. The van der Waals surface area contributed by atoms with Gasteiger partial charge in [0.1, 0.15) is 13.2 Å². The molecule has 0 aromatic rings. The van der Waals surface area contributed by atoms with E-state index in [1.807, 2.05) is 0 Å². The highest BCUT2D eigenvalue weighted by Gasteiger charge is 2.67. The Morgan fingerprint density at radius 2 is 1.84 bits per heavy atom. The number of hydrogen-bond acceptors (Lipinski definition) is 6. The van der Waals surface area contributed by atoms with E-state index in [-0.39, 0.29) is 12.2 Å². The summed E-state index contributed by atoms with van der Waals surface area (Å²) >= 11 is 0. The highest BCUT2D eigenvalue weighted by molar-refractivity contribution is 5.70. The smallest absolute Gasteiger partial charge is 0.420 e. The minimum absolute atomic E-state index is 0.0822. The molecule has 3 aliphatic rings.